The highest BCUT2D eigenvalue weighted by atomic mass is 16.6. The number of aromatic hydroxyl groups is 1. The van der Waals surface area contributed by atoms with Gasteiger partial charge in [0, 0.05) is 11.6 Å². The van der Waals surface area contributed by atoms with Gasteiger partial charge >= 0.3 is 5.97 Å². The molecule has 1 atom stereocenters. The molecule has 0 bridgehead atoms. The van der Waals surface area contributed by atoms with Crippen molar-refractivity contribution in [3.63, 3.8) is 0 Å². The summed E-state index contributed by atoms with van der Waals surface area (Å²) in [5.74, 6) is -0.0700. The zero-order valence-corrected chi connectivity index (χ0v) is 9.47. The van der Waals surface area contributed by atoms with Crippen molar-refractivity contribution in [1.29, 1.82) is 0 Å². The molecular formula is C12H14O5. The predicted molar refractivity (Wildman–Crippen MR) is 59.8 cm³/mol. The van der Waals surface area contributed by atoms with Gasteiger partial charge in [-0.3, -0.25) is 4.79 Å². The van der Waals surface area contributed by atoms with Gasteiger partial charge in [0.2, 0.25) is 0 Å². The third-order valence-electron chi connectivity index (χ3n) is 2.70. The Hall–Kier alpha value is -1.91. The second-order valence-electron chi connectivity index (χ2n) is 4.05. The fourth-order valence-electron chi connectivity index (χ4n) is 1.86. The lowest BCUT2D eigenvalue weighted by Gasteiger charge is -2.21. The molecule has 1 aromatic rings. The third-order valence-corrected chi connectivity index (χ3v) is 2.70. The second kappa shape index (κ2) is 4.53. The monoisotopic (exact) mass is 238 g/mol. The SMILES string of the molecule is CC(CC(=O)O)c1cc2c(cc1O)OCCO2. The highest BCUT2D eigenvalue weighted by Crippen LogP contribution is 2.39. The quantitative estimate of drug-likeness (QED) is 0.838. The lowest BCUT2D eigenvalue weighted by atomic mass is 9.96. The zero-order chi connectivity index (χ0) is 12.4. The van der Waals surface area contributed by atoms with E-state index < -0.39 is 5.97 Å². The van der Waals surface area contributed by atoms with E-state index in [2.05, 4.69) is 0 Å². The molecule has 2 rings (SSSR count). The number of ether oxygens (including phenoxy) is 2. The van der Waals surface area contributed by atoms with E-state index in [9.17, 15) is 9.90 Å². The van der Waals surface area contributed by atoms with E-state index in [1.807, 2.05) is 0 Å². The topological polar surface area (TPSA) is 76.0 Å². The number of benzene rings is 1. The van der Waals surface area contributed by atoms with E-state index in [0.29, 0.717) is 30.3 Å². The minimum atomic E-state index is -0.896. The van der Waals surface area contributed by atoms with Crippen LogP contribution in [0, 0.1) is 0 Å². The fraction of sp³-hybridized carbons (Fsp3) is 0.417. The van der Waals surface area contributed by atoms with Crippen molar-refractivity contribution in [2.75, 3.05) is 13.2 Å². The van der Waals surface area contributed by atoms with Crippen LogP contribution in [0.2, 0.25) is 0 Å². The average Bonchev–Trinajstić information content (AvgIpc) is 2.27. The first-order valence-electron chi connectivity index (χ1n) is 5.42. The average molecular weight is 238 g/mol. The summed E-state index contributed by atoms with van der Waals surface area (Å²) in [5, 5.41) is 18.6. The summed E-state index contributed by atoms with van der Waals surface area (Å²) in [6.07, 6.45) is -0.0345. The maximum absolute atomic E-state index is 10.6. The molecule has 5 nitrogen and oxygen atoms in total. The molecular weight excluding hydrogens is 224 g/mol. The Labute approximate surface area is 98.6 Å². The molecule has 1 heterocycles. The Balaban J connectivity index is 2.31. The molecule has 0 spiro atoms. The maximum Gasteiger partial charge on any atom is 0.303 e. The summed E-state index contributed by atoms with van der Waals surface area (Å²) in [6, 6.07) is 3.12. The standard InChI is InChI=1S/C12H14O5/c1-7(4-12(14)15)8-5-10-11(6-9(8)13)17-3-2-16-10/h5-7,13H,2-4H2,1H3,(H,14,15). The number of carboxylic acids is 1. The van der Waals surface area contributed by atoms with Crippen molar-refractivity contribution >= 4 is 5.97 Å². The molecule has 1 unspecified atom stereocenters. The second-order valence-corrected chi connectivity index (χ2v) is 4.05. The number of hydrogen-bond acceptors (Lipinski definition) is 4. The van der Waals surface area contributed by atoms with Crippen molar-refractivity contribution in [1.82, 2.24) is 0 Å². The molecule has 17 heavy (non-hydrogen) atoms. The number of phenols is 1. The maximum atomic E-state index is 10.6. The molecule has 1 aliphatic rings. The minimum Gasteiger partial charge on any atom is -0.508 e. The van der Waals surface area contributed by atoms with Crippen LogP contribution in [0.15, 0.2) is 12.1 Å². The Morgan fingerprint density at radius 3 is 2.53 bits per heavy atom. The number of aliphatic carboxylic acids is 1. The Kier molecular flexibility index (Phi) is 3.08. The van der Waals surface area contributed by atoms with E-state index in [1.54, 1.807) is 13.0 Å². The number of carboxylic acid groups (broad SMARTS) is 1. The summed E-state index contributed by atoms with van der Waals surface area (Å²) >= 11 is 0. The summed E-state index contributed by atoms with van der Waals surface area (Å²) in [5.41, 5.74) is 0.566. The van der Waals surface area contributed by atoms with Gasteiger partial charge in [0.1, 0.15) is 19.0 Å². The van der Waals surface area contributed by atoms with Crippen LogP contribution in [0.25, 0.3) is 0 Å². The number of fused-ring (bicyclic) bond motifs is 1. The fourth-order valence-corrected chi connectivity index (χ4v) is 1.86. The van der Waals surface area contributed by atoms with Crippen LogP contribution in [-0.4, -0.2) is 29.4 Å². The lowest BCUT2D eigenvalue weighted by Crippen LogP contribution is -2.15. The van der Waals surface area contributed by atoms with Gasteiger partial charge in [-0.25, -0.2) is 0 Å². The molecule has 0 radical (unpaired) electrons. The van der Waals surface area contributed by atoms with Crippen LogP contribution in [0.3, 0.4) is 0 Å². The molecule has 0 fully saturated rings. The van der Waals surface area contributed by atoms with Crippen molar-refractivity contribution in [3.05, 3.63) is 17.7 Å². The summed E-state index contributed by atoms with van der Waals surface area (Å²) in [4.78, 5) is 10.6. The number of carbonyl (C=O) groups is 1. The van der Waals surface area contributed by atoms with Crippen molar-refractivity contribution in [2.24, 2.45) is 0 Å². The first-order chi connectivity index (χ1) is 8.08. The predicted octanol–water partition coefficient (Wildman–Crippen LogP) is 1.74. The van der Waals surface area contributed by atoms with Crippen LogP contribution >= 0.6 is 0 Å². The number of phenolic OH excluding ortho intramolecular Hbond substituents is 1. The van der Waals surface area contributed by atoms with E-state index in [0.717, 1.165) is 0 Å². The molecule has 0 saturated heterocycles. The van der Waals surface area contributed by atoms with Crippen molar-refractivity contribution < 1.29 is 24.5 Å². The van der Waals surface area contributed by atoms with E-state index in [1.165, 1.54) is 6.07 Å². The van der Waals surface area contributed by atoms with Crippen LogP contribution in [0.1, 0.15) is 24.8 Å². The summed E-state index contributed by atoms with van der Waals surface area (Å²) in [6.45, 7) is 2.67. The van der Waals surface area contributed by atoms with Gasteiger partial charge in [-0.05, 0) is 12.0 Å². The molecule has 0 saturated carbocycles. The van der Waals surface area contributed by atoms with Gasteiger partial charge in [-0.1, -0.05) is 6.92 Å². The Bertz CT molecular complexity index is 441. The number of hydrogen-bond donors (Lipinski definition) is 2. The van der Waals surface area contributed by atoms with Gasteiger partial charge in [0.25, 0.3) is 0 Å². The van der Waals surface area contributed by atoms with Crippen LogP contribution in [-0.2, 0) is 4.79 Å². The highest BCUT2D eigenvalue weighted by molar-refractivity contribution is 5.68. The molecule has 5 heteroatoms. The molecule has 92 valence electrons. The highest BCUT2D eigenvalue weighted by Gasteiger charge is 2.20. The number of rotatable bonds is 3. The van der Waals surface area contributed by atoms with E-state index in [4.69, 9.17) is 14.6 Å². The smallest absolute Gasteiger partial charge is 0.303 e. The van der Waals surface area contributed by atoms with Gasteiger partial charge in [0.15, 0.2) is 11.5 Å². The molecule has 0 aromatic heterocycles. The van der Waals surface area contributed by atoms with Crippen LogP contribution in [0.4, 0.5) is 0 Å². The van der Waals surface area contributed by atoms with E-state index in [-0.39, 0.29) is 18.1 Å². The Morgan fingerprint density at radius 1 is 1.35 bits per heavy atom. The van der Waals surface area contributed by atoms with Gasteiger partial charge in [-0.15, -0.1) is 0 Å². The van der Waals surface area contributed by atoms with Crippen LogP contribution < -0.4 is 9.47 Å². The van der Waals surface area contributed by atoms with Gasteiger partial charge < -0.3 is 19.7 Å². The third kappa shape index (κ3) is 2.43. The zero-order valence-electron chi connectivity index (χ0n) is 9.47. The lowest BCUT2D eigenvalue weighted by molar-refractivity contribution is -0.137. The van der Waals surface area contributed by atoms with Gasteiger partial charge in [-0.2, -0.15) is 0 Å². The first-order valence-corrected chi connectivity index (χ1v) is 5.42. The largest absolute Gasteiger partial charge is 0.508 e. The summed E-state index contributed by atoms with van der Waals surface area (Å²) < 4.78 is 10.7. The van der Waals surface area contributed by atoms with Gasteiger partial charge in [0.05, 0.1) is 6.42 Å². The first kappa shape index (κ1) is 11.6. The van der Waals surface area contributed by atoms with E-state index >= 15 is 0 Å². The normalized spacial score (nSPS) is 15.4. The van der Waals surface area contributed by atoms with Crippen molar-refractivity contribution in [3.8, 4) is 17.2 Å². The Morgan fingerprint density at radius 2 is 1.94 bits per heavy atom. The van der Waals surface area contributed by atoms with Crippen molar-refractivity contribution in [2.45, 2.75) is 19.3 Å². The molecule has 1 aromatic carbocycles. The minimum absolute atomic E-state index is 0.0345. The molecule has 0 aliphatic carbocycles. The molecule has 0 amide bonds. The molecule has 2 N–H and O–H groups in total. The summed E-state index contributed by atoms with van der Waals surface area (Å²) in [7, 11) is 0. The van der Waals surface area contributed by atoms with Crippen LogP contribution in [0.5, 0.6) is 17.2 Å². The molecule has 1 aliphatic heterocycles.